The van der Waals surface area contributed by atoms with Crippen LogP contribution in [0.1, 0.15) is 18.1 Å². The van der Waals surface area contributed by atoms with Crippen molar-refractivity contribution in [3.8, 4) is 0 Å². The lowest BCUT2D eigenvalue weighted by molar-refractivity contribution is -0.116. The summed E-state index contributed by atoms with van der Waals surface area (Å²) >= 11 is 5.51. The van der Waals surface area contributed by atoms with Crippen LogP contribution in [0.4, 0.5) is 0 Å². The van der Waals surface area contributed by atoms with E-state index in [0.717, 1.165) is 12.0 Å². The van der Waals surface area contributed by atoms with Crippen LogP contribution in [0.2, 0.25) is 0 Å². The first kappa shape index (κ1) is 13.2. The average Bonchev–Trinajstić information content (AvgIpc) is 2.29. The van der Waals surface area contributed by atoms with Crippen molar-refractivity contribution in [1.82, 2.24) is 0 Å². The van der Waals surface area contributed by atoms with Gasteiger partial charge < -0.3 is 4.74 Å². The zero-order chi connectivity index (χ0) is 12.0. The first-order chi connectivity index (χ1) is 7.67. The van der Waals surface area contributed by atoms with Crippen LogP contribution in [0.3, 0.4) is 0 Å². The van der Waals surface area contributed by atoms with Gasteiger partial charge in [-0.2, -0.15) is 0 Å². The largest absolute Gasteiger partial charge is 0.384 e. The van der Waals surface area contributed by atoms with Gasteiger partial charge in [0.05, 0.1) is 12.5 Å². The van der Waals surface area contributed by atoms with Crippen molar-refractivity contribution < 1.29 is 9.53 Å². The van der Waals surface area contributed by atoms with Crippen LogP contribution >= 0.6 is 11.6 Å². The molecule has 0 radical (unpaired) electrons. The van der Waals surface area contributed by atoms with Crippen molar-refractivity contribution in [2.45, 2.75) is 19.8 Å². The topological polar surface area (TPSA) is 26.3 Å². The molecule has 0 aliphatic rings. The van der Waals surface area contributed by atoms with Crippen LogP contribution in [0.25, 0.3) is 0 Å². The lowest BCUT2D eigenvalue weighted by atomic mass is 10.00. The minimum atomic E-state index is -0.332. The fraction of sp³-hybridized carbons (Fsp3) is 0.462. The quantitative estimate of drug-likeness (QED) is 0.715. The van der Waals surface area contributed by atoms with Gasteiger partial charge in [-0.15, -0.1) is 0 Å². The molecule has 0 N–H and O–H groups in total. The molecule has 3 heteroatoms. The molecule has 0 aliphatic heterocycles. The van der Waals surface area contributed by atoms with E-state index in [-0.39, 0.29) is 11.2 Å². The van der Waals surface area contributed by atoms with E-state index in [0.29, 0.717) is 13.0 Å². The molecule has 2 nitrogen and oxygen atoms in total. The van der Waals surface area contributed by atoms with E-state index >= 15 is 0 Å². The molecule has 0 heterocycles. The van der Waals surface area contributed by atoms with Crippen molar-refractivity contribution >= 4 is 16.8 Å². The molecule has 0 saturated carbocycles. The van der Waals surface area contributed by atoms with E-state index in [2.05, 4.69) is 19.1 Å². The highest BCUT2D eigenvalue weighted by Gasteiger charge is 2.16. The fourth-order valence-corrected chi connectivity index (χ4v) is 1.74. The summed E-state index contributed by atoms with van der Waals surface area (Å²) in [4.78, 5) is 11.1. The van der Waals surface area contributed by atoms with Gasteiger partial charge in [-0.25, -0.2) is 0 Å². The van der Waals surface area contributed by atoms with Crippen LogP contribution in [-0.4, -0.2) is 19.0 Å². The number of hydrogen-bond donors (Lipinski definition) is 0. The van der Waals surface area contributed by atoms with E-state index in [1.165, 1.54) is 5.56 Å². The second-order valence-electron chi connectivity index (χ2n) is 3.83. The molecular weight excluding hydrogens is 224 g/mol. The molecule has 0 bridgehead atoms. The minimum absolute atomic E-state index is 0.251. The summed E-state index contributed by atoms with van der Waals surface area (Å²) < 4.78 is 4.98. The lowest BCUT2D eigenvalue weighted by Crippen LogP contribution is -2.17. The summed E-state index contributed by atoms with van der Waals surface area (Å²) in [6, 6.07) is 8.25. The molecule has 1 aromatic rings. The summed E-state index contributed by atoms with van der Waals surface area (Å²) in [6.07, 6.45) is 1.66. The number of halogens is 1. The Labute approximate surface area is 102 Å². The standard InChI is InChI=1S/C13H17ClO2/c1-3-10-4-6-11(7-5-10)8-12(9-16-2)13(14)15/h4-7,12H,3,8-9H2,1-2H3. The van der Waals surface area contributed by atoms with E-state index in [1.54, 1.807) is 7.11 Å². The Bertz CT molecular complexity index is 332. The second kappa shape index (κ2) is 6.66. The summed E-state index contributed by atoms with van der Waals surface area (Å²) in [5.74, 6) is -0.251. The number of ether oxygens (including phenoxy) is 1. The molecular formula is C13H17ClO2. The van der Waals surface area contributed by atoms with Gasteiger partial charge in [0, 0.05) is 7.11 Å². The molecule has 0 amide bonds. The monoisotopic (exact) mass is 240 g/mol. The summed E-state index contributed by atoms with van der Waals surface area (Å²) in [7, 11) is 1.58. The lowest BCUT2D eigenvalue weighted by Gasteiger charge is -2.11. The molecule has 0 aromatic heterocycles. The third-order valence-electron chi connectivity index (χ3n) is 2.60. The third kappa shape index (κ3) is 3.95. The molecule has 1 unspecified atom stereocenters. The number of rotatable bonds is 6. The number of aryl methyl sites for hydroxylation is 1. The molecule has 0 saturated heterocycles. The Balaban J connectivity index is 2.65. The van der Waals surface area contributed by atoms with E-state index in [1.807, 2.05) is 12.1 Å². The van der Waals surface area contributed by atoms with Crippen molar-refractivity contribution in [2.24, 2.45) is 5.92 Å². The van der Waals surface area contributed by atoms with Crippen LogP contribution in [0.15, 0.2) is 24.3 Å². The van der Waals surface area contributed by atoms with Gasteiger partial charge >= 0.3 is 0 Å². The van der Waals surface area contributed by atoms with E-state index in [4.69, 9.17) is 16.3 Å². The SMILES string of the molecule is CCc1ccc(CC(COC)C(=O)Cl)cc1. The van der Waals surface area contributed by atoms with Gasteiger partial charge in [-0.1, -0.05) is 31.2 Å². The Hall–Kier alpha value is -0.860. The van der Waals surface area contributed by atoms with Crippen LogP contribution < -0.4 is 0 Å². The Morgan fingerprint density at radius 3 is 2.31 bits per heavy atom. The van der Waals surface area contributed by atoms with E-state index < -0.39 is 0 Å². The Morgan fingerprint density at radius 2 is 1.88 bits per heavy atom. The Kier molecular flexibility index (Phi) is 5.50. The summed E-state index contributed by atoms with van der Waals surface area (Å²) in [5.41, 5.74) is 2.41. The second-order valence-corrected chi connectivity index (χ2v) is 4.20. The maximum atomic E-state index is 11.1. The molecule has 0 fully saturated rings. The Morgan fingerprint density at radius 1 is 1.31 bits per heavy atom. The van der Waals surface area contributed by atoms with Crippen LogP contribution in [0.5, 0.6) is 0 Å². The normalized spacial score (nSPS) is 12.4. The molecule has 1 aromatic carbocycles. The molecule has 16 heavy (non-hydrogen) atoms. The maximum Gasteiger partial charge on any atom is 0.227 e. The number of methoxy groups -OCH3 is 1. The van der Waals surface area contributed by atoms with Crippen LogP contribution in [-0.2, 0) is 22.4 Å². The molecule has 0 aliphatic carbocycles. The highest BCUT2D eigenvalue weighted by Crippen LogP contribution is 2.13. The zero-order valence-electron chi connectivity index (χ0n) is 9.70. The van der Waals surface area contributed by atoms with E-state index in [9.17, 15) is 4.79 Å². The van der Waals surface area contributed by atoms with Gasteiger partial charge in [0.25, 0.3) is 0 Å². The maximum absolute atomic E-state index is 11.1. The number of carbonyl (C=O) groups excluding carboxylic acids is 1. The molecule has 0 spiro atoms. The predicted octanol–water partition coefficient (Wildman–Crippen LogP) is 2.82. The first-order valence-electron chi connectivity index (χ1n) is 5.43. The zero-order valence-corrected chi connectivity index (χ0v) is 10.5. The van der Waals surface area contributed by atoms with Crippen molar-refractivity contribution in [1.29, 1.82) is 0 Å². The van der Waals surface area contributed by atoms with Gasteiger partial charge in [0.1, 0.15) is 0 Å². The van der Waals surface area contributed by atoms with Crippen molar-refractivity contribution in [3.05, 3.63) is 35.4 Å². The number of hydrogen-bond acceptors (Lipinski definition) is 2. The number of carbonyl (C=O) groups is 1. The fourth-order valence-electron chi connectivity index (χ4n) is 1.60. The minimum Gasteiger partial charge on any atom is -0.384 e. The first-order valence-corrected chi connectivity index (χ1v) is 5.81. The average molecular weight is 241 g/mol. The van der Waals surface area contributed by atoms with Gasteiger partial charge in [0.2, 0.25) is 5.24 Å². The van der Waals surface area contributed by atoms with Gasteiger partial charge in [-0.3, -0.25) is 4.79 Å². The van der Waals surface area contributed by atoms with Gasteiger partial charge in [0.15, 0.2) is 0 Å². The summed E-state index contributed by atoms with van der Waals surface area (Å²) in [6.45, 7) is 2.49. The number of benzene rings is 1. The highest BCUT2D eigenvalue weighted by molar-refractivity contribution is 6.64. The summed E-state index contributed by atoms with van der Waals surface area (Å²) in [5, 5.41) is -0.332. The van der Waals surface area contributed by atoms with Crippen molar-refractivity contribution in [3.63, 3.8) is 0 Å². The highest BCUT2D eigenvalue weighted by atomic mass is 35.5. The van der Waals surface area contributed by atoms with Gasteiger partial charge in [-0.05, 0) is 35.6 Å². The van der Waals surface area contributed by atoms with Crippen LogP contribution in [0, 0.1) is 5.92 Å². The third-order valence-corrected chi connectivity index (χ3v) is 2.91. The molecule has 88 valence electrons. The molecule has 1 rings (SSSR count). The predicted molar refractivity (Wildman–Crippen MR) is 65.8 cm³/mol. The molecule has 1 atom stereocenters. The van der Waals surface area contributed by atoms with Crippen molar-refractivity contribution in [2.75, 3.05) is 13.7 Å². The smallest absolute Gasteiger partial charge is 0.227 e.